The fraction of sp³-hybridized carbons (Fsp3) is 0.200. The molecule has 0 saturated carbocycles. The van der Waals surface area contributed by atoms with E-state index in [0.717, 1.165) is 11.0 Å². The predicted molar refractivity (Wildman–Crippen MR) is 75.9 cm³/mol. The Balaban J connectivity index is 1.88. The van der Waals surface area contributed by atoms with Crippen LogP contribution in [0.3, 0.4) is 0 Å². The third-order valence-corrected chi connectivity index (χ3v) is 3.41. The van der Waals surface area contributed by atoms with Crippen LogP contribution >= 0.6 is 0 Å². The molecule has 2 atom stereocenters. The molecule has 0 aromatic heterocycles. The molecule has 0 spiro atoms. The third-order valence-electron chi connectivity index (χ3n) is 3.41. The minimum absolute atomic E-state index is 0.290. The Labute approximate surface area is 113 Å². The van der Waals surface area contributed by atoms with Crippen LogP contribution in [0.15, 0.2) is 60.7 Å². The smallest absolute Gasteiger partial charge is 0.406 e. The summed E-state index contributed by atoms with van der Waals surface area (Å²) in [6, 6.07) is 19.6. The van der Waals surface area contributed by atoms with E-state index < -0.39 is 5.72 Å². The molecule has 96 valence electrons. The van der Waals surface area contributed by atoms with Gasteiger partial charge in [0, 0.05) is 0 Å². The summed E-state index contributed by atoms with van der Waals surface area (Å²) in [5, 5.41) is 13.6. The van der Waals surface area contributed by atoms with Crippen molar-refractivity contribution in [2.24, 2.45) is 0 Å². The quantitative estimate of drug-likeness (QED) is 0.796. The van der Waals surface area contributed by atoms with E-state index in [0.29, 0.717) is 0 Å². The van der Waals surface area contributed by atoms with Crippen LogP contribution < -0.4 is 10.7 Å². The Morgan fingerprint density at radius 3 is 2.26 bits per heavy atom. The molecule has 1 fully saturated rings. The number of rotatable bonds is 2. The molecule has 4 heteroatoms. The van der Waals surface area contributed by atoms with Gasteiger partial charge >= 0.3 is 7.05 Å². The Hall–Kier alpha value is -1.62. The van der Waals surface area contributed by atoms with E-state index in [2.05, 4.69) is 5.23 Å². The molecule has 1 heterocycles. The number of hydrogen-bond donors (Lipinski definition) is 2. The fourth-order valence-electron chi connectivity index (χ4n) is 2.46. The van der Waals surface area contributed by atoms with Gasteiger partial charge in [-0.1, -0.05) is 60.7 Å². The molecule has 1 saturated heterocycles. The first-order valence-corrected chi connectivity index (χ1v) is 6.42. The van der Waals surface area contributed by atoms with E-state index in [4.69, 9.17) is 4.65 Å². The van der Waals surface area contributed by atoms with Crippen molar-refractivity contribution in [1.82, 2.24) is 5.23 Å². The van der Waals surface area contributed by atoms with E-state index >= 15 is 0 Å². The highest BCUT2D eigenvalue weighted by Crippen LogP contribution is 2.32. The van der Waals surface area contributed by atoms with Gasteiger partial charge in [0.2, 0.25) is 0 Å². The van der Waals surface area contributed by atoms with Crippen molar-refractivity contribution in [3.8, 4) is 0 Å². The van der Waals surface area contributed by atoms with Gasteiger partial charge < -0.3 is 9.76 Å². The fourth-order valence-corrected chi connectivity index (χ4v) is 2.46. The summed E-state index contributed by atoms with van der Waals surface area (Å²) < 4.78 is 5.99. The maximum atomic E-state index is 10.5. The molecule has 1 aliphatic heterocycles. The monoisotopic (exact) mass is 253 g/mol. The molecule has 2 aromatic carbocycles. The molecular weight excluding hydrogens is 237 g/mol. The van der Waals surface area contributed by atoms with Crippen LogP contribution in [-0.4, -0.2) is 17.9 Å². The summed E-state index contributed by atoms with van der Waals surface area (Å²) in [6.07, 6.45) is -0.376. The summed E-state index contributed by atoms with van der Waals surface area (Å²) in [7, 11) is -0.290. The molecule has 3 rings (SSSR count). The Morgan fingerprint density at radius 2 is 1.63 bits per heavy atom. The van der Waals surface area contributed by atoms with Gasteiger partial charge in [-0.05, 0) is 17.9 Å². The highest BCUT2D eigenvalue weighted by Gasteiger charge is 2.46. The zero-order chi connectivity index (χ0) is 13.3. The second-order valence-corrected chi connectivity index (χ2v) is 5.01. The predicted octanol–water partition coefficient (Wildman–Crippen LogP) is 1.45. The van der Waals surface area contributed by atoms with Gasteiger partial charge in [0.25, 0.3) is 0 Å². The first kappa shape index (κ1) is 12.4. The lowest BCUT2D eigenvalue weighted by molar-refractivity contribution is -0.0254. The Kier molecular flexibility index (Phi) is 3.15. The highest BCUT2D eigenvalue weighted by molar-refractivity contribution is 6.65. The summed E-state index contributed by atoms with van der Waals surface area (Å²) in [5.74, 6) is 0. The standard InChI is InChI=1S/C15H16BNO2/c1-15(18)14(12-8-4-2-5-9-12)19-16(17-15)13-10-6-3-7-11-13/h2-11,14,17-18H,1H3. The van der Waals surface area contributed by atoms with Crippen molar-refractivity contribution in [1.29, 1.82) is 0 Å². The van der Waals surface area contributed by atoms with Crippen LogP contribution in [0.5, 0.6) is 0 Å². The molecule has 19 heavy (non-hydrogen) atoms. The van der Waals surface area contributed by atoms with Crippen molar-refractivity contribution in [2.45, 2.75) is 18.8 Å². The summed E-state index contributed by atoms with van der Waals surface area (Å²) >= 11 is 0. The molecule has 2 unspecified atom stereocenters. The Morgan fingerprint density at radius 1 is 1.05 bits per heavy atom. The molecule has 0 bridgehead atoms. The molecular formula is C15H16BNO2. The SMILES string of the molecule is CC1(O)NB(c2ccccc2)OC1c1ccccc1. The molecule has 2 N–H and O–H groups in total. The largest absolute Gasteiger partial charge is 0.418 e. The van der Waals surface area contributed by atoms with Gasteiger partial charge in [-0.2, -0.15) is 0 Å². The van der Waals surface area contributed by atoms with Crippen molar-refractivity contribution < 1.29 is 9.76 Å². The minimum atomic E-state index is -1.08. The van der Waals surface area contributed by atoms with Gasteiger partial charge in [-0.3, -0.25) is 5.23 Å². The molecule has 2 aromatic rings. The van der Waals surface area contributed by atoms with Crippen LogP contribution in [0.1, 0.15) is 18.6 Å². The number of benzene rings is 2. The van der Waals surface area contributed by atoms with Gasteiger partial charge in [0.05, 0.1) is 0 Å². The average molecular weight is 253 g/mol. The minimum Gasteiger partial charge on any atom is -0.406 e. The van der Waals surface area contributed by atoms with Crippen molar-refractivity contribution in [2.75, 3.05) is 0 Å². The lowest BCUT2D eigenvalue weighted by Crippen LogP contribution is -2.49. The van der Waals surface area contributed by atoms with Crippen LogP contribution in [0, 0.1) is 0 Å². The molecule has 0 amide bonds. The maximum Gasteiger partial charge on any atom is 0.418 e. The second kappa shape index (κ2) is 4.81. The first-order chi connectivity index (χ1) is 9.17. The molecule has 1 aliphatic rings. The summed E-state index contributed by atoms with van der Waals surface area (Å²) in [5.41, 5.74) is 0.904. The summed E-state index contributed by atoms with van der Waals surface area (Å²) in [6.45, 7) is 1.74. The van der Waals surface area contributed by atoms with Crippen molar-refractivity contribution >= 4 is 12.5 Å². The first-order valence-electron chi connectivity index (χ1n) is 6.42. The van der Waals surface area contributed by atoms with Crippen molar-refractivity contribution in [3.63, 3.8) is 0 Å². The zero-order valence-corrected chi connectivity index (χ0v) is 10.8. The van der Waals surface area contributed by atoms with E-state index in [1.807, 2.05) is 60.7 Å². The third kappa shape index (κ3) is 2.43. The highest BCUT2D eigenvalue weighted by atomic mass is 16.5. The van der Waals surface area contributed by atoms with E-state index in [1.54, 1.807) is 6.92 Å². The molecule has 0 aliphatic carbocycles. The number of aliphatic hydroxyl groups is 1. The maximum absolute atomic E-state index is 10.5. The van der Waals surface area contributed by atoms with Crippen LogP contribution in [0.25, 0.3) is 0 Å². The van der Waals surface area contributed by atoms with Gasteiger partial charge in [0.1, 0.15) is 11.8 Å². The van der Waals surface area contributed by atoms with E-state index in [-0.39, 0.29) is 13.2 Å². The van der Waals surface area contributed by atoms with E-state index in [9.17, 15) is 5.11 Å². The topological polar surface area (TPSA) is 41.5 Å². The van der Waals surface area contributed by atoms with Crippen LogP contribution in [0.4, 0.5) is 0 Å². The number of hydrogen-bond acceptors (Lipinski definition) is 3. The molecule has 3 nitrogen and oxygen atoms in total. The lowest BCUT2D eigenvalue weighted by atomic mass is 9.74. The van der Waals surface area contributed by atoms with Crippen molar-refractivity contribution in [3.05, 3.63) is 66.2 Å². The average Bonchev–Trinajstić information content (AvgIpc) is 2.77. The van der Waals surface area contributed by atoms with Crippen LogP contribution in [0.2, 0.25) is 0 Å². The zero-order valence-electron chi connectivity index (χ0n) is 10.8. The second-order valence-electron chi connectivity index (χ2n) is 5.01. The van der Waals surface area contributed by atoms with Gasteiger partial charge in [-0.25, -0.2) is 0 Å². The Bertz CT molecular complexity index is 545. The number of nitrogens with one attached hydrogen (secondary N) is 1. The van der Waals surface area contributed by atoms with E-state index in [1.165, 1.54) is 0 Å². The lowest BCUT2D eigenvalue weighted by Gasteiger charge is -2.24. The molecule has 0 radical (unpaired) electrons. The van der Waals surface area contributed by atoms with Gasteiger partial charge in [0.15, 0.2) is 0 Å². The van der Waals surface area contributed by atoms with Crippen LogP contribution in [-0.2, 0) is 4.65 Å². The van der Waals surface area contributed by atoms with Gasteiger partial charge in [-0.15, -0.1) is 0 Å². The normalized spacial score (nSPS) is 26.6. The summed E-state index contributed by atoms with van der Waals surface area (Å²) in [4.78, 5) is 0.